The second kappa shape index (κ2) is 5.40. The predicted molar refractivity (Wildman–Crippen MR) is 74.9 cm³/mol. The van der Waals surface area contributed by atoms with Gasteiger partial charge in [-0.1, -0.05) is 20.8 Å². The molecule has 0 spiro atoms. The van der Waals surface area contributed by atoms with Crippen LogP contribution >= 0.6 is 22.9 Å². The van der Waals surface area contributed by atoms with Crippen molar-refractivity contribution in [3.8, 4) is 0 Å². The van der Waals surface area contributed by atoms with Crippen molar-refractivity contribution >= 4 is 28.8 Å². The molecule has 0 saturated carbocycles. The minimum atomic E-state index is -0.585. The van der Waals surface area contributed by atoms with E-state index in [1.807, 2.05) is 19.9 Å². The van der Waals surface area contributed by atoms with Crippen molar-refractivity contribution in [3.63, 3.8) is 0 Å². The van der Waals surface area contributed by atoms with Gasteiger partial charge in [-0.25, -0.2) is 0 Å². The lowest BCUT2D eigenvalue weighted by Gasteiger charge is -2.16. The normalized spacial score (nSPS) is 13.8. The van der Waals surface area contributed by atoms with Crippen LogP contribution in [0.2, 0.25) is 0 Å². The zero-order valence-corrected chi connectivity index (χ0v) is 12.6. The molecule has 0 aliphatic carbocycles. The largest absolute Gasteiger partial charge is 0.352 e. The van der Waals surface area contributed by atoms with Crippen molar-refractivity contribution in [1.82, 2.24) is 5.32 Å². The first kappa shape index (κ1) is 14.5. The fourth-order valence-electron chi connectivity index (χ4n) is 1.38. The van der Waals surface area contributed by atoms with Gasteiger partial charge in [0.1, 0.15) is 5.38 Å². The number of carbonyl (C=O) groups excluding carboxylic acids is 1. The molecule has 0 aromatic carbocycles. The molecule has 17 heavy (non-hydrogen) atoms. The van der Waals surface area contributed by atoms with Gasteiger partial charge < -0.3 is 5.32 Å². The van der Waals surface area contributed by atoms with Gasteiger partial charge in [0.2, 0.25) is 5.91 Å². The van der Waals surface area contributed by atoms with Crippen molar-refractivity contribution in [1.29, 1.82) is 0 Å². The average molecular weight is 274 g/mol. The topological polar surface area (TPSA) is 29.1 Å². The maximum Gasteiger partial charge on any atom is 0.243 e. The Balaban J connectivity index is 2.80. The van der Waals surface area contributed by atoms with E-state index in [1.165, 1.54) is 4.88 Å². The first-order valence-electron chi connectivity index (χ1n) is 5.76. The van der Waals surface area contributed by atoms with Crippen LogP contribution in [-0.4, -0.2) is 11.9 Å². The monoisotopic (exact) mass is 273 g/mol. The Labute approximate surface area is 112 Å². The van der Waals surface area contributed by atoms with Crippen LogP contribution in [0.5, 0.6) is 0 Å². The first-order chi connectivity index (χ1) is 7.71. The van der Waals surface area contributed by atoms with Gasteiger partial charge in [-0.2, -0.15) is 0 Å². The average Bonchev–Trinajstić information content (AvgIpc) is 2.63. The molecular weight excluding hydrogens is 254 g/mol. The summed E-state index contributed by atoms with van der Waals surface area (Å²) in [6, 6.07) is 4.12. The smallest absolute Gasteiger partial charge is 0.243 e. The lowest BCUT2D eigenvalue weighted by molar-refractivity contribution is -0.121. The highest BCUT2D eigenvalue weighted by Gasteiger charge is 2.23. The van der Waals surface area contributed by atoms with Crippen LogP contribution in [0, 0.1) is 0 Å². The van der Waals surface area contributed by atoms with E-state index in [0.29, 0.717) is 0 Å². The van der Waals surface area contributed by atoms with Gasteiger partial charge in [-0.15, -0.1) is 22.9 Å². The number of carbonyl (C=O) groups is 1. The van der Waals surface area contributed by atoms with Crippen molar-refractivity contribution in [3.05, 3.63) is 21.9 Å². The number of hydrogen-bond donors (Lipinski definition) is 1. The second-order valence-corrected chi connectivity index (χ2v) is 7.03. The summed E-state index contributed by atoms with van der Waals surface area (Å²) in [6.07, 6.45) is 0. The highest BCUT2D eigenvalue weighted by Crippen LogP contribution is 2.34. The van der Waals surface area contributed by atoms with Crippen molar-refractivity contribution in [2.75, 3.05) is 0 Å². The van der Waals surface area contributed by atoms with Crippen LogP contribution in [0.4, 0.5) is 0 Å². The highest BCUT2D eigenvalue weighted by atomic mass is 35.5. The molecule has 0 aliphatic heterocycles. The van der Waals surface area contributed by atoms with Crippen LogP contribution < -0.4 is 5.32 Å². The van der Waals surface area contributed by atoms with Gasteiger partial charge in [0.25, 0.3) is 0 Å². The number of nitrogens with one attached hydrogen (secondary N) is 1. The van der Waals surface area contributed by atoms with Crippen molar-refractivity contribution in [2.24, 2.45) is 0 Å². The van der Waals surface area contributed by atoms with Crippen LogP contribution in [0.3, 0.4) is 0 Å². The van der Waals surface area contributed by atoms with Crippen LogP contribution in [0.15, 0.2) is 12.1 Å². The molecule has 0 radical (unpaired) electrons. The number of halogens is 1. The van der Waals surface area contributed by atoms with E-state index >= 15 is 0 Å². The summed E-state index contributed by atoms with van der Waals surface area (Å²) < 4.78 is 0. The number of alkyl halides is 1. The van der Waals surface area contributed by atoms with Crippen molar-refractivity contribution < 1.29 is 4.79 Å². The summed E-state index contributed by atoms with van der Waals surface area (Å²) >= 11 is 7.77. The number of hydrogen-bond acceptors (Lipinski definition) is 2. The molecule has 0 fully saturated rings. The molecule has 1 rings (SSSR count). The van der Waals surface area contributed by atoms with Gasteiger partial charge in [0.05, 0.1) is 0 Å². The summed E-state index contributed by atoms with van der Waals surface area (Å²) in [5.74, 6) is -0.121. The van der Waals surface area contributed by atoms with Crippen LogP contribution in [0.1, 0.15) is 49.8 Å². The molecule has 1 aromatic rings. The third-order valence-electron chi connectivity index (χ3n) is 2.28. The molecule has 0 bridgehead atoms. The third-order valence-corrected chi connectivity index (χ3v) is 4.42. The maximum absolute atomic E-state index is 11.8. The SMILES string of the molecule is CC(C)NC(=O)C(Cl)c1ccc(C(C)(C)C)s1. The van der Waals surface area contributed by atoms with Crippen LogP contribution in [-0.2, 0) is 10.2 Å². The fraction of sp³-hybridized carbons (Fsp3) is 0.615. The Kier molecular flexibility index (Phi) is 4.62. The van der Waals surface area contributed by atoms with E-state index in [4.69, 9.17) is 11.6 Å². The highest BCUT2D eigenvalue weighted by molar-refractivity contribution is 7.12. The van der Waals surface area contributed by atoms with Gasteiger partial charge in [0, 0.05) is 15.8 Å². The summed E-state index contributed by atoms with van der Waals surface area (Å²) in [5.41, 5.74) is 0.105. The Morgan fingerprint density at radius 1 is 1.35 bits per heavy atom. The van der Waals surface area contributed by atoms with Gasteiger partial charge >= 0.3 is 0 Å². The zero-order chi connectivity index (χ0) is 13.2. The molecule has 1 atom stereocenters. The first-order valence-corrected chi connectivity index (χ1v) is 7.01. The van der Waals surface area contributed by atoms with Gasteiger partial charge in [-0.05, 0) is 31.4 Å². The van der Waals surface area contributed by atoms with E-state index in [1.54, 1.807) is 11.3 Å². The van der Waals surface area contributed by atoms with Gasteiger partial charge in [0.15, 0.2) is 0 Å². The summed E-state index contributed by atoms with van der Waals surface area (Å²) in [7, 11) is 0. The fourth-order valence-corrected chi connectivity index (χ4v) is 2.69. The van der Waals surface area contributed by atoms with E-state index < -0.39 is 5.38 Å². The molecule has 1 unspecified atom stereocenters. The zero-order valence-electron chi connectivity index (χ0n) is 11.0. The molecule has 1 heterocycles. The molecule has 1 amide bonds. The van der Waals surface area contributed by atoms with E-state index in [-0.39, 0.29) is 17.4 Å². The summed E-state index contributed by atoms with van der Waals surface area (Å²) in [4.78, 5) is 13.9. The van der Waals surface area contributed by atoms with E-state index in [9.17, 15) is 4.79 Å². The Hall–Kier alpha value is -0.540. The Bertz CT molecular complexity index is 392. The molecule has 1 N–H and O–H groups in total. The van der Waals surface area contributed by atoms with Gasteiger partial charge in [-0.3, -0.25) is 4.79 Å². The maximum atomic E-state index is 11.8. The number of rotatable bonds is 3. The molecule has 2 nitrogen and oxygen atoms in total. The molecule has 0 saturated heterocycles. The minimum Gasteiger partial charge on any atom is -0.352 e. The Morgan fingerprint density at radius 3 is 2.35 bits per heavy atom. The number of thiophene rings is 1. The summed E-state index contributed by atoms with van der Waals surface area (Å²) in [5, 5.41) is 2.24. The minimum absolute atomic E-state index is 0.105. The van der Waals surface area contributed by atoms with Crippen LogP contribution in [0.25, 0.3) is 0 Å². The quantitative estimate of drug-likeness (QED) is 0.833. The number of amides is 1. The second-order valence-electron chi connectivity index (χ2n) is 5.48. The molecule has 96 valence electrons. The van der Waals surface area contributed by atoms with E-state index in [2.05, 4.69) is 32.2 Å². The molecule has 4 heteroatoms. The molecule has 0 aliphatic rings. The summed E-state index contributed by atoms with van der Waals surface area (Å²) in [6.45, 7) is 10.3. The standard InChI is InChI=1S/C13H20ClNOS/c1-8(2)15-12(16)11(14)9-6-7-10(17-9)13(3,4)5/h6-8,11H,1-5H3,(H,15,16). The van der Waals surface area contributed by atoms with E-state index in [0.717, 1.165) is 4.88 Å². The van der Waals surface area contributed by atoms with Crippen molar-refractivity contribution in [2.45, 2.75) is 51.5 Å². The third kappa shape index (κ3) is 4.00. The predicted octanol–water partition coefficient (Wildman–Crippen LogP) is 3.85. The molecular formula is C13H20ClNOS. The lowest BCUT2D eigenvalue weighted by Crippen LogP contribution is -2.32. The lowest BCUT2D eigenvalue weighted by atomic mass is 9.95. The molecule has 1 aromatic heterocycles. The Morgan fingerprint density at radius 2 is 1.94 bits per heavy atom.